The van der Waals surface area contributed by atoms with Crippen molar-refractivity contribution in [2.24, 2.45) is 0 Å². The van der Waals surface area contributed by atoms with Crippen molar-refractivity contribution in [1.29, 1.82) is 0 Å². The summed E-state index contributed by atoms with van der Waals surface area (Å²) < 4.78 is 4.29. The fraction of sp³-hybridized carbons (Fsp3) is 0.667. The van der Waals surface area contributed by atoms with E-state index in [2.05, 4.69) is 11.3 Å². The zero-order chi connectivity index (χ0) is 4.99. The van der Waals surface area contributed by atoms with Crippen LogP contribution in [0, 0.1) is 0 Å². The first-order valence-corrected chi connectivity index (χ1v) is 1.76. The van der Waals surface area contributed by atoms with E-state index in [1.807, 2.05) is 0 Å². The molecule has 0 heterocycles. The molecule has 0 atom stereocenters. The van der Waals surface area contributed by atoms with Gasteiger partial charge in [0.15, 0.2) is 0 Å². The van der Waals surface area contributed by atoms with Gasteiger partial charge in [-0.05, 0) is 13.5 Å². The second-order valence-corrected chi connectivity index (χ2v) is 0.805. The van der Waals surface area contributed by atoms with Crippen LogP contribution in [0.1, 0.15) is 21.8 Å². The van der Waals surface area contributed by atoms with Crippen LogP contribution in [-0.2, 0) is 30.9 Å². The molecule has 0 rings (SSSR count). The first kappa shape index (κ1) is 31.7. The van der Waals surface area contributed by atoms with E-state index in [0.717, 1.165) is 0 Å². The second kappa shape index (κ2) is 22.8. The zero-order valence-corrected chi connectivity index (χ0v) is 7.45. The van der Waals surface area contributed by atoms with E-state index in [4.69, 9.17) is 0 Å². The Hall–Kier alpha value is 0.318. The molecule has 69 valence electrons. The molecule has 0 aliphatic heterocycles. The summed E-state index contributed by atoms with van der Waals surface area (Å²) in [5.41, 5.74) is 0. The molecule has 0 N–H and O–H groups in total. The van der Waals surface area contributed by atoms with Gasteiger partial charge in [-0.2, -0.15) is 0 Å². The molecule has 0 spiro atoms. The Kier molecular flexibility index (Phi) is 72.2. The van der Waals surface area contributed by atoms with Crippen LogP contribution >= 0.6 is 0 Å². The number of hydrogen-bond donors (Lipinski definition) is 0. The van der Waals surface area contributed by atoms with Gasteiger partial charge >= 0.3 is 5.95 Å². The number of rotatable bonds is 2. The van der Waals surface area contributed by atoms with Crippen LogP contribution in [0.15, 0.2) is 12.5 Å². The number of hydrogen-bond acceptors (Lipinski definition) is 1. The van der Waals surface area contributed by atoms with Crippen LogP contribution in [0.25, 0.3) is 0 Å². The quantitative estimate of drug-likeness (QED) is 0.600. The SMILES string of the molecule is C.C.C=C([O])OCC.[Cl-].[Pt]. The Labute approximate surface area is 84.3 Å². The fourth-order valence-corrected chi connectivity index (χ4v) is 0.161. The van der Waals surface area contributed by atoms with Crippen LogP contribution < -0.4 is 12.4 Å². The molecule has 0 aliphatic carbocycles. The van der Waals surface area contributed by atoms with Gasteiger partial charge in [0.25, 0.3) is 0 Å². The monoisotopic (exact) mass is 349 g/mol. The predicted octanol–water partition coefficient (Wildman–Crippen LogP) is -0.802. The average molecular weight is 350 g/mol. The Morgan fingerprint density at radius 2 is 1.80 bits per heavy atom. The second-order valence-electron chi connectivity index (χ2n) is 0.805. The minimum Gasteiger partial charge on any atom is -1.00 e. The summed E-state index contributed by atoms with van der Waals surface area (Å²) >= 11 is 0. The van der Waals surface area contributed by atoms with Crippen LogP contribution in [0.3, 0.4) is 0 Å². The number of halogens is 1. The molecule has 0 aliphatic rings. The molecule has 0 bridgehead atoms. The molecule has 4 heteroatoms. The van der Waals surface area contributed by atoms with Crippen molar-refractivity contribution in [3.8, 4) is 0 Å². The fourth-order valence-electron chi connectivity index (χ4n) is 0.161. The van der Waals surface area contributed by atoms with Crippen LogP contribution in [0.4, 0.5) is 0 Å². The Balaban J connectivity index is -0.0000000208. The van der Waals surface area contributed by atoms with E-state index < -0.39 is 5.95 Å². The summed E-state index contributed by atoms with van der Waals surface area (Å²) in [6, 6.07) is 0. The average Bonchev–Trinajstić information content (AvgIpc) is 1.35. The molecular formula is C6H15ClO2Pt-. The zero-order valence-electron chi connectivity index (χ0n) is 4.42. The molecule has 0 unspecified atom stereocenters. The first-order chi connectivity index (χ1) is 2.77. The maximum atomic E-state index is 9.71. The predicted molar refractivity (Wildman–Crippen MR) is 34.9 cm³/mol. The van der Waals surface area contributed by atoms with E-state index in [-0.39, 0.29) is 48.3 Å². The third-order valence-electron chi connectivity index (χ3n) is 0.305. The van der Waals surface area contributed by atoms with Crippen LogP contribution in [0.2, 0.25) is 0 Å². The van der Waals surface area contributed by atoms with Gasteiger partial charge in [0.1, 0.15) is 0 Å². The summed E-state index contributed by atoms with van der Waals surface area (Å²) in [4.78, 5) is 0. The minimum atomic E-state index is -0.461. The van der Waals surface area contributed by atoms with Crippen molar-refractivity contribution in [2.75, 3.05) is 6.61 Å². The summed E-state index contributed by atoms with van der Waals surface area (Å²) in [6.45, 7) is 5.13. The molecule has 0 aromatic carbocycles. The van der Waals surface area contributed by atoms with Gasteiger partial charge in [-0.15, -0.1) is 0 Å². The molecule has 0 aromatic rings. The Bertz CT molecular complexity index is 59.7. The maximum Gasteiger partial charge on any atom is 0.323 e. The third-order valence-corrected chi connectivity index (χ3v) is 0.305. The molecule has 0 amide bonds. The summed E-state index contributed by atoms with van der Waals surface area (Å²) in [5, 5.41) is 9.71. The largest absolute Gasteiger partial charge is 1.00 e. The Morgan fingerprint density at radius 3 is 1.80 bits per heavy atom. The summed E-state index contributed by atoms with van der Waals surface area (Å²) in [5.74, 6) is -0.461. The molecule has 0 saturated carbocycles. The summed E-state index contributed by atoms with van der Waals surface area (Å²) in [6.07, 6.45) is 0. The van der Waals surface area contributed by atoms with E-state index in [1.54, 1.807) is 6.92 Å². The Morgan fingerprint density at radius 1 is 1.50 bits per heavy atom. The first-order valence-electron chi connectivity index (χ1n) is 1.76. The van der Waals surface area contributed by atoms with Gasteiger partial charge in [0.05, 0.1) is 6.61 Å². The molecule has 10 heavy (non-hydrogen) atoms. The normalized spacial score (nSPS) is 4.50. The summed E-state index contributed by atoms with van der Waals surface area (Å²) in [7, 11) is 0. The molecule has 0 saturated heterocycles. The van der Waals surface area contributed by atoms with Gasteiger partial charge in [-0.1, -0.05) is 14.9 Å². The molecule has 2 nitrogen and oxygen atoms in total. The molecule has 0 aromatic heterocycles. The van der Waals surface area contributed by atoms with Crippen molar-refractivity contribution in [1.82, 2.24) is 0 Å². The standard InChI is InChI=1S/C4H7O2.2CH4.ClH.Pt/c1-3-6-4(2)5;;;;/h2-3H2,1H3;2*1H4;1H;/p-1. The van der Waals surface area contributed by atoms with Crippen molar-refractivity contribution < 1.29 is 43.3 Å². The van der Waals surface area contributed by atoms with Crippen molar-refractivity contribution >= 4 is 0 Å². The molecular weight excluding hydrogens is 335 g/mol. The maximum absolute atomic E-state index is 9.71. The molecule has 1 radical (unpaired) electrons. The number of ether oxygens (including phenoxy) is 1. The third kappa shape index (κ3) is 40.5. The van der Waals surface area contributed by atoms with Crippen LogP contribution in [0.5, 0.6) is 0 Å². The van der Waals surface area contributed by atoms with E-state index in [0.29, 0.717) is 6.61 Å². The molecule has 0 fully saturated rings. The van der Waals surface area contributed by atoms with Gasteiger partial charge in [0.2, 0.25) is 0 Å². The van der Waals surface area contributed by atoms with Gasteiger partial charge in [-0.3, -0.25) is 0 Å². The van der Waals surface area contributed by atoms with Crippen molar-refractivity contribution in [3.05, 3.63) is 12.5 Å². The smallest absolute Gasteiger partial charge is 0.323 e. The topological polar surface area (TPSA) is 29.1 Å². The minimum absolute atomic E-state index is 0. The van der Waals surface area contributed by atoms with Gasteiger partial charge in [0, 0.05) is 21.1 Å². The van der Waals surface area contributed by atoms with Gasteiger partial charge in [-0.25, -0.2) is 5.11 Å². The van der Waals surface area contributed by atoms with Gasteiger partial charge < -0.3 is 17.1 Å². The van der Waals surface area contributed by atoms with E-state index >= 15 is 0 Å². The van der Waals surface area contributed by atoms with E-state index in [9.17, 15) is 5.11 Å². The van der Waals surface area contributed by atoms with E-state index in [1.165, 1.54) is 0 Å². The van der Waals surface area contributed by atoms with Crippen molar-refractivity contribution in [2.45, 2.75) is 21.8 Å². The van der Waals surface area contributed by atoms with Crippen molar-refractivity contribution in [3.63, 3.8) is 0 Å². The van der Waals surface area contributed by atoms with Crippen LogP contribution in [-0.4, -0.2) is 6.61 Å².